The number of benzene rings is 1. The van der Waals surface area contributed by atoms with Crippen LogP contribution in [0.4, 0.5) is 0 Å². The van der Waals surface area contributed by atoms with Crippen LogP contribution in [0.3, 0.4) is 0 Å². The van der Waals surface area contributed by atoms with E-state index in [1.807, 2.05) is 26.0 Å². The molecule has 0 amide bonds. The molecule has 2 heteroatoms. The molecule has 0 aliphatic rings. The van der Waals surface area contributed by atoms with Crippen molar-refractivity contribution in [2.75, 3.05) is 0 Å². The molecule has 1 aromatic rings. The Morgan fingerprint density at radius 2 is 1.69 bits per heavy atom. The van der Waals surface area contributed by atoms with Crippen LogP contribution in [0.15, 0.2) is 24.3 Å². The first-order valence-electron chi connectivity index (χ1n) is 4.52. The van der Waals surface area contributed by atoms with Crippen LogP contribution in [0.1, 0.15) is 26.3 Å². The van der Waals surface area contributed by atoms with E-state index in [1.165, 1.54) is 0 Å². The minimum atomic E-state index is 0.176. The van der Waals surface area contributed by atoms with Gasteiger partial charge in [-0.2, -0.15) is 0 Å². The van der Waals surface area contributed by atoms with E-state index in [4.69, 9.17) is 7.85 Å². The Morgan fingerprint density at radius 3 is 2.08 bits per heavy atom. The molecule has 0 saturated carbocycles. The van der Waals surface area contributed by atoms with Gasteiger partial charge in [-0.25, -0.2) is 0 Å². The van der Waals surface area contributed by atoms with Crippen molar-refractivity contribution in [2.24, 2.45) is 0 Å². The average Bonchev–Trinajstić information content (AvgIpc) is 2.12. The SMILES string of the molecule is CC.[B]c1ccc(CC(C)=O)cc1. The summed E-state index contributed by atoms with van der Waals surface area (Å²) in [4.78, 5) is 10.7. The zero-order chi connectivity index (χ0) is 10.3. The molecule has 1 aromatic carbocycles. The second-order valence-electron chi connectivity index (χ2n) is 2.62. The molecule has 0 aromatic heterocycles. The third-order valence-corrected chi connectivity index (χ3v) is 1.43. The maximum Gasteiger partial charge on any atom is 0.134 e. The van der Waals surface area contributed by atoms with Gasteiger partial charge in [0, 0.05) is 6.42 Å². The topological polar surface area (TPSA) is 17.1 Å². The first kappa shape index (κ1) is 12.0. The Bertz CT molecular complexity index is 251. The molecule has 0 atom stereocenters. The lowest BCUT2D eigenvalue weighted by Gasteiger charge is -1.97. The first-order valence-corrected chi connectivity index (χ1v) is 4.52. The molecule has 1 rings (SSSR count). The first-order chi connectivity index (χ1) is 6.18. The fourth-order valence-electron chi connectivity index (χ4n) is 0.923. The van der Waals surface area contributed by atoms with Gasteiger partial charge in [0.25, 0.3) is 0 Å². The minimum Gasteiger partial charge on any atom is -0.300 e. The van der Waals surface area contributed by atoms with E-state index in [2.05, 4.69) is 0 Å². The molecule has 0 unspecified atom stereocenters. The van der Waals surface area contributed by atoms with E-state index in [0.29, 0.717) is 6.42 Å². The molecule has 13 heavy (non-hydrogen) atoms. The van der Waals surface area contributed by atoms with E-state index < -0.39 is 0 Å². The molecule has 0 aliphatic heterocycles. The lowest BCUT2D eigenvalue weighted by Crippen LogP contribution is -2.02. The van der Waals surface area contributed by atoms with Crippen LogP contribution < -0.4 is 5.46 Å². The molecule has 2 radical (unpaired) electrons. The van der Waals surface area contributed by atoms with Gasteiger partial charge in [-0.05, 0) is 12.5 Å². The number of hydrogen-bond donors (Lipinski definition) is 0. The van der Waals surface area contributed by atoms with Crippen LogP contribution in [0.5, 0.6) is 0 Å². The van der Waals surface area contributed by atoms with Gasteiger partial charge >= 0.3 is 0 Å². The lowest BCUT2D eigenvalue weighted by molar-refractivity contribution is -0.116. The van der Waals surface area contributed by atoms with Gasteiger partial charge in [-0.1, -0.05) is 43.6 Å². The quantitative estimate of drug-likeness (QED) is 0.623. The maximum atomic E-state index is 10.7. The van der Waals surface area contributed by atoms with Gasteiger partial charge in [0.1, 0.15) is 13.6 Å². The number of rotatable bonds is 2. The van der Waals surface area contributed by atoms with Crippen molar-refractivity contribution in [2.45, 2.75) is 27.2 Å². The van der Waals surface area contributed by atoms with Crippen molar-refractivity contribution in [3.63, 3.8) is 0 Å². The summed E-state index contributed by atoms with van der Waals surface area (Å²) in [6.07, 6.45) is 0.500. The fraction of sp³-hybridized carbons (Fsp3) is 0.364. The van der Waals surface area contributed by atoms with Crippen molar-refractivity contribution in [1.82, 2.24) is 0 Å². The number of carbonyl (C=O) groups excluding carboxylic acids is 1. The second kappa shape index (κ2) is 6.47. The van der Waals surface area contributed by atoms with Crippen LogP contribution in [0, 0.1) is 0 Å². The molecule has 0 N–H and O–H groups in total. The summed E-state index contributed by atoms with van der Waals surface area (Å²) < 4.78 is 0. The highest BCUT2D eigenvalue weighted by atomic mass is 16.1. The zero-order valence-corrected chi connectivity index (χ0v) is 8.50. The summed E-state index contributed by atoms with van der Waals surface area (Å²) >= 11 is 0. The average molecular weight is 174 g/mol. The molecule has 0 aliphatic carbocycles. The lowest BCUT2D eigenvalue weighted by atomic mass is 9.94. The zero-order valence-electron chi connectivity index (χ0n) is 8.50. The highest BCUT2D eigenvalue weighted by Gasteiger charge is 1.95. The Kier molecular flexibility index (Phi) is 5.95. The standard InChI is InChI=1S/C9H9BO.C2H6/c1-7(11)6-8-2-4-9(10)5-3-8;1-2/h2-5H,6H2,1H3;1-2H3. The smallest absolute Gasteiger partial charge is 0.134 e. The Balaban J connectivity index is 0.000000671. The number of carbonyl (C=O) groups is 1. The summed E-state index contributed by atoms with van der Waals surface area (Å²) in [5, 5.41) is 0. The van der Waals surface area contributed by atoms with E-state index >= 15 is 0 Å². The van der Waals surface area contributed by atoms with Gasteiger partial charge in [0.15, 0.2) is 0 Å². The summed E-state index contributed by atoms with van der Waals surface area (Å²) in [5.74, 6) is 0.176. The predicted molar refractivity (Wildman–Crippen MR) is 57.6 cm³/mol. The van der Waals surface area contributed by atoms with Crippen molar-refractivity contribution in [3.05, 3.63) is 29.8 Å². The molecule has 0 saturated heterocycles. The molecular formula is C11H15BO. The maximum absolute atomic E-state index is 10.7. The Labute approximate surface area is 81.6 Å². The highest BCUT2D eigenvalue weighted by Crippen LogP contribution is 1.97. The van der Waals surface area contributed by atoms with E-state index in [9.17, 15) is 4.79 Å². The molecule has 0 spiro atoms. The van der Waals surface area contributed by atoms with Crippen LogP contribution >= 0.6 is 0 Å². The van der Waals surface area contributed by atoms with Gasteiger partial charge in [-0.15, -0.1) is 0 Å². The largest absolute Gasteiger partial charge is 0.300 e. The summed E-state index contributed by atoms with van der Waals surface area (Å²) in [6.45, 7) is 5.58. The Hall–Kier alpha value is -1.05. The van der Waals surface area contributed by atoms with E-state index in [0.717, 1.165) is 11.0 Å². The van der Waals surface area contributed by atoms with Crippen LogP contribution in [0.25, 0.3) is 0 Å². The molecule has 0 bridgehead atoms. The molecule has 68 valence electrons. The summed E-state index contributed by atoms with van der Waals surface area (Å²) in [5.41, 5.74) is 1.75. The molecule has 0 fully saturated rings. The number of hydrogen-bond acceptors (Lipinski definition) is 1. The van der Waals surface area contributed by atoms with Gasteiger partial charge in [0.2, 0.25) is 0 Å². The van der Waals surface area contributed by atoms with Crippen molar-refractivity contribution >= 4 is 19.1 Å². The van der Waals surface area contributed by atoms with Crippen molar-refractivity contribution < 1.29 is 4.79 Å². The number of Topliss-reactive ketones (excluding diaryl/α,β-unsaturated/α-hetero) is 1. The van der Waals surface area contributed by atoms with Gasteiger partial charge < -0.3 is 0 Å². The van der Waals surface area contributed by atoms with Crippen LogP contribution in [-0.2, 0) is 11.2 Å². The van der Waals surface area contributed by atoms with Crippen LogP contribution in [-0.4, -0.2) is 13.6 Å². The molecule has 0 heterocycles. The van der Waals surface area contributed by atoms with Gasteiger partial charge in [0.05, 0.1) is 0 Å². The van der Waals surface area contributed by atoms with E-state index in [1.54, 1.807) is 19.1 Å². The Morgan fingerprint density at radius 1 is 1.23 bits per heavy atom. The van der Waals surface area contributed by atoms with E-state index in [-0.39, 0.29) is 5.78 Å². The van der Waals surface area contributed by atoms with Crippen molar-refractivity contribution in [3.8, 4) is 0 Å². The van der Waals surface area contributed by atoms with Crippen molar-refractivity contribution in [1.29, 1.82) is 0 Å². The van der Waals surface area contributed by atoms with Gasteiger partial charge in [-0.3, -0.25) is 4.79 Å². The summed E-state index contributed by atoms with van der Waals surface area (Å²) in [6, 6.07) is 7.35. The third-order valence-electron chi connectivity index (χ3n) is 1.43. The predicted octanol–water partition coefficient (Wildman–Crippen LogP) is 1.64. The fourth-order valence-corrected chi connectivity index (χ4v) is 0.923. The highest BCUT2D eigenvalue weighted by molar-refractivity contribution is 6.32. The third kappa shape index (κ3) is 5.23. The molecular weight excluding hydrogens is 159 g/mol. The monoisotopic (exact) mass is 174 g/mol. The minimum absolute atomic E-state index is 0.176. The normalized spacial score (nSPS) is 8.54. The molecule has 1 nitrogen and oxygen atoms in total. The summed E-state index contributed by atoms with van der Waals surface area (Å²) in [7, 11) is 5.47. The van der Waals surface area contributed by atoms with Crippen LogP contribution in [0.2, 0.25) is 0 Å². The number of ketones is 1. The second-order valence-corrected chi connectivity index (χ2v) is 2.62.